The van der Waals surface area contributed by atoms with E-state index in [0.29, 0.717) is 5.92 Å². The van der Waals surface area contributed by atoms with E-state index in [9.17, 15) is 5.11 Å². The Morgan fingerprint density at radius 2 is 1.33 bits per heavy atom. The first-order valence-corrected chi connectivity index (χ1v) is 6.50. The number of hydrogen-bond acceptors (Lipinski definition) is 1. The number of hydrogen-bond donors (Lipinski definition) is 1. The molecule has 0 saturated heterocycles. The third-order valence-electron chi connectivity index (χ3n) is 4.09. The predicted molar refractivity (Wildman–Crippen MR) is 65.7 cm³/mol. The van der Waals surface area contributed by atoms with Gasteiger partial charge in [-0.1, -0.05) is 34.6 Å². The minimum absolute atomic E-state index is 0.0509. The molecule has 1 fully saturated rings. The summed E-state index contributed by atoms with van der Waals surface area (Å²) < 4.78 is 0. The Morgan fingerprint density at radius 1 is 0.933 bits per heavy atom. The molecule has 15 heavy (non-hydrogen) atoms. The standard InChI is InChI=1S/C14H28O/c1-10(2)11-6-8-12(9-7-11)13(15)14(3,4)5/h10-13,15H,6-9H2,1-5H3. The van der Waals surface area contributed by atoms with Gasteiger partial charge in [-0.25, -0.2) is 0 Å². The predicted octanol–water partition coefficient (Wildman–Crippen LogP) is 3.86. The van der Waals surface area contributed by atoms with Crippen molar-refractivity contribution in [2.45, 2.75) is 66.4 Å². The van der Waals surface area contributed by atoms with Crippen LogP contribution in [0.4, 0.5) is 0 Å². The first-order chi connectivity index (χ1) is 6.82. The molecule has 1 saturated carbocycles. The summed E-state index contributed by atoms with van der Waals surface area (Å²) in [5.74, 6) is 2.26. The largest absolute Gasteiger partial charge is 0.392 e. The summed E-state index contributed by atoms with van der Waals surface area (Å²) in [6.07, 6.45) is 4.96. The summed E-state index contributed by atoms with van der Waals surface area (Å²) in [5.41, 5.74) is 0.0509. The van der Waals surface area contributed by atoms with Crippen LogP contribution >= 0.6 is 0 Å². The molecule has 90 valence electrons. The number of aliphatic hydroxyl groups excluding tert-OH is 1. The van der Waals surface area contributed by atoms with Crippen LogP contribution in [0.1, 0.15) is 60.3 Å². The van der Waals surface area contributed by atoms with Crippen molar-refractivity contribution in [2.75, 3.05) is 0 Å². The molecular formula is C14H28O. The summed E-state index contributed by atoms with van der Waals surface area (Å²) in [6.45, 7) is 11.1. The molecule has 1 aliphatic rings. The maximum atomic E-state index is 10.2. The van der Waals surface area contributed by atoms with Gasteiger partial charge in [0.05, 0.1) is 6.10 Å². The molecule has 0 aromatic heterocycles. The van der Waals surface area contributed by atoms with Gasteiger partial charge in [-0.15, -0.1) is 0 Å². The van der Waals surface area contributed by atoms with E-state index in [1.54, 1.807) is 0 Å². The molecule has 0 spiro atoms. The summed E-state index contributed by atoms with van der Waals surface area (Å²) in [6, 6.07) is 0. The second-order valence-electron chi connectivity index (χ2n) is 6.73. The molecule has 1 aliphatic carbocycles. The van der Waals surface area contributed by atoms with Crippen molar-refractivity contribution in [3.63, 3.8) is 0 Å². The summed E-state index contributed by atoms with van der Waals surface area (Å²) in [4.78, 5) is 0. The van der Waals surface area contributed by atoms with E-state index in [1.807, 2.05) is 0 Å². The van der Waals surface area contributed by atoms with Crippen molar-refractivity contribution in [1.82, 2.24) is 0 Å². The fourth-order valence-corrected chi connectivity index (χ4v) is 2.83. The monoisotopic (exact) mass is 212 g/mol. The van der Waals surface area contributed by atoms with Crippen LogP contribution in [0.3, 0.4) is 0 Å². The summed E-state index contributed by atoms with van der Waals surface area (Å²) in [5, 5.41) is 10.2. The van der Waals surface area contributed by atoms with Crippen molar-refractivity contribution in [3.05, 3.63) is 0 Å². The average Bonchev–Trinajstić information content (AvgIpc) is 2.15. The van der Waals surface area contributed by atoms with Crippen molar-refractivity contribution >= 4 is 0 Å². The molecular weight excluding hydrogens is 184 g/mol. The Balaban J connectivity index is 2.44. The van der Waals surface area contributed by atoms with Gasteiger partial charge in [0.15, 0.2) is 0 Å². The normalized spacial score (nSPS) is 30.6. The van der Waals surface area contributed by atoms with Gasteiger partial charge in [0.25, 0.3) is 0 Å². The van der Waals surface area contributed by atoms with Crippen LogP contribution in [0.5, 0.6) is 0 Å². The molecule has 0 aliphatic heterocycles. The SMILES string of the molecule is CC(C)C1CCC(C(O)C(C)(C)C)CC1. The van der Waals surface area contributed by atoms with Crippen LogP contribution in [-0.2, 0) is 0 Å². The topological polar surface area (TPSA) is 20.2 Å². The maximum Gasteiger partial charge on any atom is 0.0616 e. The Labute approximate surface area is 95.3 Å². The van der Waals surface area contributed by atoms with Gasteiger partial charge in [0.2, 0.25) is 0 Å². The molecule has 0 radical (unpaired) electrons. The third-order valence-corrected chi connectivity index (χ3v) is 4.09. The summed E-state index contributed by atoms with van der Waals surface area (Å²) in [7, 11) is 0. The van der Waals surface area contributed by atoms with Crippen LogP contribution in [0.15, 0.2) is 0 Å². The Morgan fingerprint density at radius 3 is 1.67 bits per heavy atom. The van der Waals surface area contributed by atoms with Gasteiger partial charge in [0.1, 0.15) is 0 Å². The van der Waals surface area contributed by atoms with E-state index in [-0.39, 0.29) is 11.5 Å². The zero-order chi connectivity index (χ0) is 11.6. The second-order valence-corrected chi connectivity index (χ2v) is 6.73. The average molecular weight is 212 g/mol. The van der Waals surface area contributed by atoms with Crippen molar-refractivity contribution < 1.29 is 5.11 Å². The Kier molecular flexibility index (Phi) is 4.22. The van der Waals surface area contributed by atoms with Gasteiger partial charge in [-0.2, -0.15) is 0 Å². The quantitative estimate of drug-likeness (QED) is 0.737. The lowest BCUT2D eigenvalue weighted by Crippen LogP contribution is -2.36. The molecule has 0 amide bonds. The molecule has 0 heterocycles. The number of aliphatic hydroxyl groups is 1. The molecule has 0 bridgehead atoms. The van der Waals surface area contributed by atoms with Crippen LogP contribution in [0.25, 0.3) is 0 Å². The van der Waals surface area contributed by atoms with Gasteiger partial charge >= 0.3 is 0 Å². The van der Waals surface area contributed by atoms with Crippen LogP contribution in [0.2, 0.25) is 0 Å². The second kappa shape index (κ2) is 4.86. The maximum absolute atomic E-state index is 10.2. The number of rotatable bonds is 2. The van der Waals surface area contributed by atoms with Crippen molar-refractivity contribution in [2.24, 2.45) is 23.2 Å². The van der Waals surface area contributed by atoms with Crippen LogP contribution in [0, 0.1) is 23.2 Å². The summed E-state index contributed by atoms with van der Waals surface area (Å²) >= 11 is 0. The van der Waals surface area contributed by atoms with E-state index in [4.69, 9.17) is 0 Å². The Hall–Kier alpha value is -0.0400. The van der Waals surface area contributed by atoms with Gasteiger partial charge in [-0.3, -0.25) is 0 Å². The van der Waals surface area contributed by atoms with Crippen molar-refractivity contribution in [3.8, 4) is 0 Å². The van der Waals surface area contributed by atoms with Crippen molar-refractivity contribution in [1.29, 1.82) is 0 Å². The minimum Gasteiger partial charge on any atom is -0.392 e. The zero-order valence-electron chi connectivity index (χ0n) is 11.1. The molecule has 1 unspecified atom stereocenters. The Bertz CT molecular complexity index is 182. The molecule has 1 nitrogen and oxygen atoms in total. The third kappa shape index (κ3) is 3.48. The lowest BCUT2D eigenvalue weighted by atomic mass is 9.70. The fourth-order valence-electron chi connectivity index (χ4n) is 2.83. The lowest BCUT2D eigenvalue weighted by Gasteiger charge is -2.38. The van der Waals surface area contributed by atoms with E-state index >= 15 is 0 Å². The lowest BCUT2D eigenvalue weighted by molar-refractivity contribution is -0.0103. The molecule has 1 rings (SSSR count). The zero-order valence-corrected chi connectivity index (χ0v) is 11.1. The van der Waals surface area contributed by atoms with E-state index in [0.717, 1.165) is 11.8 Å². The molecule has 0 aromatic rings. The van der Waals surface area contributed by atoms with Gasteiger partial charge in [-0.05, 0) is 48.9 Å². The molecule has 1 heteroatoms. The highest BCUT2D eigenvalue weighted by atomic mass is 16.3. The molecule has 1 atom stereocenters. The van der Waals surface area contributed by atoms with Gasteiger partial charge in [0, 0.05) is 0 Å². The van der Waals surface area contributed by atoms with E-state index < -0.39 is 0 Å². The highest BCUT2D eigenvalue weighted by molar-refractivity contribution is 4.84. The van der Waals surface area contributed by atoms with Crippen LogP contribution < -0.4 is 0 Å². The van der Waals surface area contributed by atoms with Gasteiger partial charge < -0.3 is 5.11 Å². The minimum atomic E-state index is -0.120. The first-order valence-electron chi connectivity index (χ1n) is 6.50. The fraction of sp³-hybridized carbons (Fsp3) is 1.00. The highest BCUT2D eigenvalue weighted by Gasteiger charge is 2.33. The first kappa shape index (κ1) is 13.0. The van der Waals surface area contributed by atoms with E-state index in [1.165, 1.54) is 25.7 Å². The smallest absolute Gasteiger partial charge is 0.0616 e. The molecule has 0 aromatic carbocycles. The van der Waals surface area contributed by atoms with Crippen LogP contribution in [-0.4, -0.2) is 11.2 Å². The highest BCUT2D eigenvalue weighted by Crippen LogP contribution is 2.38. The van der Waals surface area contributed by atoms with E-state index in [2.05, 4.69) is 34.6 Å². The molecule has 1 N–H and O–H groups in total.